The van der Waals surface area contributed by atoms with Crippen molar-refractivity contribution < 1.29 is 23.9 Å². The van der Waals surface area contributed by atoms with E-state index in [0.29, 0.717) is 6.42 Å². The molecule has 0 unspecified atom stereocenters. The summed E-state index contributed by atoms with van der Waals surface area (Å²) in [6.45, 7) is 8.10. The molecule has 5 atom stereocenters. The van der Waals surface area contributed by atoms with Gasteiger partial charge in [0, 0.05) is 29.9 Å². The lowest BCUT2D eigenvalue weighted by molar-refractivity contribution is -0.157. The monoisotopic (exact) mass is 630 g/mol. The third-order valence-corrected chi connectivity index (χ3v) is 8.78. The van der Waals surface area contributed by atoms with Crippen LogP contribution in [0.1, 0.15) is 83.8 Å². The summed E-state index contributed by atoms with van der Waals surface area (Å²) in [4.78, 5) is 58.4. The molecule has 2 aromatic carbocycles. The number of unbranched alkanes of at least 4 members (excludes halogenated alkanes) is 3. The molecule has 0 saturated carbocycles. The Labute approximate surface area is 272 Å². The number of esters is 1. The van der Waals surface area contributed by atoms with Gasteiger partial charge in [-0.25, -0.2) is 4.79 Å². The van der Waals surface area contributed by atoms with Gasteiger partial charge >= 0.3 is 5.97 Å². The van der Waals surface area contributed by atoms with Gasteiger partial charge in [-0.1, -0.05) is 102 Å². The van der Waals surface area contributed by atoms with Crippen molar-refractivity contribution in [3.8, 4) is 0 Å². The van der Waals surface area contributed by atoms with Gasteiger partial charge < -0.3 is 25.7 Å². The summed E-state index contributed by atoms with van der Waals surface area (Å²) in [6, 6.07) is 14.3. The third-order valence-electron chi connectivity index (χ3n) is 8.78. The number of rotatable bonds is 12. The van der Waals surface area contributed by atoms with Crippen molar-refractivity contribution in [2.75, 3.05) is 0 Å². The minimum Gasteiger partial charge on any atom is -0.460 e. The highest BCUT2D eigenvalue weighted by molar-refractivity contribution is 5.95. The van der Waals surface area contributed by atoms with E-state index in [1.54, 1.807) is 0 Å². The SMILES string of the molecule is CCCCCC[C@H](C)[C@@H]1CC(=O)N[C@@H](Cc2c[nH]c3ccccc23)C(=O)N[C@@H](Cc2ccccc2)C(=O)N[C@H](CC(C)C)C(=O)O1. The quantitative estimate of drug-likeness (QED) is 0.158. The molecule has 1 aliphatic heterocycles. The van der Waals surface area contributed by atoms with Gasteiger partial charge in [-0.2, -0.15) is 0 Å². The minimum atomic E-state index is -0.978. The van der Waals surface area contributed by atoms with Crippen molar-refractivity contribution in [1.29, 1.82) is 0 Å². The van der Waals surface area contributed by atoms with E-state index in [0.717, 1.165) is 54.1 Å². The number of ether oxygens (including phenoxy) is 1. The first kappa shape index (κ1) is 34.7. The Morgan fingerprint density at radius 2 is 1.46 bits per heavy atom. The van der Waals surface area contributed by atoms with Gasteiger partial charge in [0.2, 0.25) is 17.7 Å². The van der Waals surface area contributed by atoms with Crippen LogP contribution in [-0.4, -0.2) is 52.9 Å². The zero-order valence-electron chi connectivity index (χ0n) is 27.6. The Kier molecular flexibility index (Phi) is 12.8. The second kappa shape index (κ2) is 17.0. The van der Waals surface area contributed by atoms with Crippen LogP contribution < -0.4 is 16.0 Å². The number of aromatic amines is 1. The number of cyclic esters (lactones) is 1. The first-order valence-corrected chi connectivity index (χ1v) is 16.8. The van der Waals surface area contributed by atoms with E-state index in [-0.39, 0.29) is 37.0 Å². The van der Waals surface area contributed by atoms with Gasteiger partial charge in [0.25, 0.3) is 0 Å². The van der Waals surface area contributed by atoms with E-state index in [9.17, 15) is 19.2 Å². The predicted molar refractivity (Wildman–Crippen MR) is 180 cm³/mol. The zero-order chi connectivity index (χ0) is 33.1. The summed E-state index contributed by atoms with van der Waals surface area (Å²) >= 11 is 0. The van der Waals surface area contributed by atoms with Gasteiger partial charge in [-0.3, -0.25) is 14.4 Å². The molecule has 9 nitrogen and oxygen atoms in total. The number of carbonyl (C=O) groups excluding carboxylic acids is 4. The average molecular weight is 631 g/mol. The summed E-state index contributed by atoms with van der Waals surface area (Å²) in [5.74, 6) is -1.87. The van der Waals surface area contributed by atoms with E-state index in [4.69, 9.17) is 4.74 Å². The number of carbonyl (C=O) groups is 4. The normalized spacial score (nSPS) is 22.2. The van der Waals surface area contributed by atoms with Gasteiger partial charge in [0.15, 0.2) is 0 Å². The molecule has 1 fully saturated rings. The topological polar surface area (TPSA) is 129 Å². The summed E-state index contributed by atoms with van der Waals surface area (Å²) in [5.41, 5.74) is 2.65. The molecule has 3 aromatic rings. The van der Waals surface area contributed by atoms with Crippen molar-refractivity contribution in [3.05, 3.63) is 71.9 Å². The van der Waals surface area contributed by atoms with Crippen molar-refractivity contribution in [1.82, 2.24) is 20.9 Å². The molecule has 2 heterocycles. The Balaban J connectivity index is 1.67. The van der Waals surface area contributed by atoms with Crippen LogP contribution in [0.3, 0.4) is 0 Å². The van der Waals surface area contributed by atoms with Crippen molar-refractivity contribution in [3.63, 3.8) is 0 Å². The van der Waals surface area contributed by atoms with E-state index >= 15 is 0 Å². The van der Waals surface area contributed by atoms with Crippen molar-refractivity contribution in [2.45, 2.75) is 110 Å². The Hall–Kier alpha value is -4.14. The first-order valence-electron chi connectivity index (χ1n) is 16.8. The molecule has 0 aliphatic carbocycles. The molecule has 1 saturated heterocycles. The maximum Gasteiger partial charge on any atom is 0.328 e. The number of H-pyrrole nitrogens is 1. The van der Waals surface area contributed by atoms with Crippen LogP contribution in [0.15, 0.2) is 60.8 Å². The molecular formula is C37H50N4O5. The number of fused-ring (bicyclic) bond motifs is 1. The van der Waals surface area contributed by atoms with Crippen LogP contribution in [0.5, 0.6) is 0 Å². The number of aromatic nitrogens is 1. The highest BCUT2D eigenvalue weighted by Gasteiger charge is 2.35. The molecule has 3 amide bonds. The molecule has 248 valence electrons. The van der Waals surface area contributed by atoms with Crippen molar-refractivity contribution in [2.24, 2.45) is 11.8 Å². The molecule has 0 bridgehead atoms. The van der Waals surface area contributed by atoms with E-state index in [2.05, 4.69) is 27.9 Å². The van der Waals surface area contributed by atoms with Crippen molar-refractivity contribution >= 4 is 34.6 Å². The number of benzene rings is 2. The fourth-order valence-corrected chi connectivity index (χ4v) is 6.12. The Morgan fingerprint density at radius 3 is 2.17 bits per heavy atom. The lowest BCUT2D eigenvalue weighted by atomic mass is 9.94. The van der Waals surface area contributed by atoms with Crippen LogP contribution in [0, 0.1) is 11.8 Å². The van der Waals surface area contributed by atoms with Crippen LogP contribution in [0.4, 0.5) is 0 Å². The van der Waals surface area contributed by atoms with Crippen LogP contribution in [0.2, 0.25) is 0 Å². The lowest BCUT2D eigenvalue weighted by Crippen LogP contribution is -2.56. The number of para-hydroxylation sites is 1. The molecule has 1 aliphatic rings. The molecule has 46 heavy (non-hydrogen) atoms. The second-order valence-corrected chi connectivity index (χ2v) is 13.1. The highest BCUT2D eigenvalue weighted by Crippen LogP contribution is 2.23. The smallest absolute Gasteiger partial charge is 0.328 e. The van der Waals surface area contributed by atoms with Gasteiger partial charge in [-0.15, -0.1) is 0 Å². The predicted octanol–water partition coefficient (Wildman–Crippen LogP) is 5.38. The maximum absolute atomic E-state index is 14.0. The maximum atomic E-state index is 14.0. The molecule has 1 aromatic heterocycles. The van der Waals surface area contributed by atoms with E-state index in [1.165, 1.54) is 0 Å². The van der Waals surface area contributed by atoms with Gasteiger partial charge in [0.1, 0.15) is 24.2 Å². The molecule has 0 radical (unpaired) electrons. The molecule has 4 rings (SSSR count). The summed E-state index contributed by atoms with van der Waals surface area (Å²) in [5, 5.41) is 9.72. The molecule has 4 N–H and O–H groups in total. The fourth-order valence-electron chi connectivity index (χ4n) is 6.12. The van der Waals surface area contributed by atoms with Crippen LogP contribution >= 0.6 is 0 Å². The summed E-state index contributed by atoms with van der Waals surface area (Å²) < 4.78 is 6.07. The number of amides is 3. The third kappa shape index (κ3) is 9.93. The molecule has 0 spiro atoms. The number of hydrogen-bond acceptors (Lipinski definition) is 5. The second-order valence-electron chi connectivity index (χ2n) is 13.1. The largest absolute Gasteiger partial charge is 0.460 e. The molecular weight excluding hydrogens is 580 g/mol. The highest BCUT2D eigenvalue weighted by atomic mass is 16.5. The first-order chi connectivity index (χ1) is 22.1. The zero-order valence-corrected chi connectivity index (χ0v) is 27.6. The lowest BCUT2D eigenvalue weighted by Gasteiger charge is -2.27. The van der Waals surface area contributed by atoms with Crippen LogP contribution in [0.25, 0.3) is 10.9 Å². The number of hydrogen-bond donors (Lipinski definition) is 4. The minimum absolute atomic E-state index is 0.0753. The average Bonchev–Trinajstić information content (AvgIpc) is 3.44. The summed E-state index contributed by atoms with van der Waals surface area (Å²) in [7, 11) is 0. The molecule has 9 heteroatoms. The van der Waals surface area contributed by atoms with E-state index < -0.39 is 42.0 Å². The van der Waals surface area contributed by atoms with Gasteiger partial charge in [0.05, 0.1) is 6.42 Å². The Bertz CT molecular complexity index is 1450. The van der Waals surface area contributed by atoms with Gasteiger partial charge in [-0.05, 0) is 41.9 Å². The van der Waals surface area contributed by atoms with Crippen LogP contribution in [-0.2, 0) is 36.8 Å². The standard InChI is InChI=1S/C37H50N4O5/c1-5-6-7-9-14-25(4)33-22-34(42)39-31(21-27-23-38-29-18-13-12-17-28(27)29)36(44)40-30(20-26-15-10-8-11-16-26)35(43)41-32(19-24(2)3)37(45)46-33/h8,10-13,15-18,23-25,30-33,38H,5-7,9,14,19-22H2,1-4H3,(H,39,42)(H,40,44)(H,41,43)/t25-,30-,31-,32+,33-/m0/s1. The number of nitrogens with one attached hydrogen (secondary N) is 4. The van der Waals surface area contributed by atoms with E-state index in [1.807, 2.05) is 81.6 Å². The summed E-state index contributed by atoms with van der Waals surface area (Å²) in [6.07, 6.45) is 6.92. The fraction of sp³-hybridized carbons (Fsp3) is 0.514. The Morgan fingerprint density at radius 1 is 0.783 bits per heavy atom.